The number of nitrogens with one attached hydrogen (secondary N) is 1. The molecule has 50 valence electrons. The molecule has 0 saturated carbocycles. The molecule has 0 radical (unpaired) electrons. The lowest BCUT2D eigenvalue weighted by Crippen LogP contribution is -2.09. The van der Waals surface area contributed by atoms with Gasteiger partial charge in [0.05, 0.1) is 6.20 Å². The number of H-pyrrole nitrogens is 1. The summed E-state index contributed by atoms with van der Waals surface area (Å²) in [7, 11) is 3.80. The van der Waals surface area contributed by atoms with E-state index in [2.05, 4.69) is 9.97 Å². The van der Waals surface area contributed by atoms with Crippen LogP contribution in [-0.2, 0) is 0 Å². The van der Waals surface area contributed by atoms with E-state index in [0.717, 1.165) is 5.95 Å². The molecule has 0 saturated heterocycles. The molecular formula is C5H8ClN3. The van der Waals surface area contributed by atoms with Crippen LogP contribution in [0, 0.1) is 0 Å². The zero-order valence-electron chi connectivity index (χ0n) is 5.35. The van der Waals surface area contributed by atoms with E-state index >= 15 is 0 Å². The molecule has 0 spiro atoms. The number of aromatic amines is 1. The highest BCUT2D eigenvalue weighted by Crippen LogP contribution is 2.08. The molecule has 3 nitrogen and oxygen atoms in total. The van der Waals surface area contributed by atoms with Crippen LogP contribution in [-0.4, -0.2) is 24.1 Å². The predicted molar refractivity (Wildman–Crippen MR) is 37.9 cm³/mol. The SMILES string of the molecule is CN(C)c1ncc(Cl)[nH]1. The van der Waals surface area contributed by atoms with Gasteiger partial charge in [-0.1, -0.05) is 11.6 Å². The molecule has 1 aromatic heterocycles. The quantitative estimate of drug-likeness (QED) is 0.643. The van der Waals surface area contributed by atoms with E-state index in [1.54, 1.807) is 6.20 Å². The van der Waals surface area contributed by atoms with Gasteiger partial charge in [0.15, 0.2) is 0 Å². The van der Waals surface area contributed by atoms with Crippen LogP contribution < -0.4 is 4.90 Å². The Morgan fingerprint density at radius 1 is 1.67 bits per heavy atom. The summed E-state index contributed by atoms with van der Waals surface area (Å²) < 4.78 is 0. The van der Waals surface area contributed by atoms with E-state index in [-0.39, 0.29) is 0 Å². The number of halogens is 1. The molecule has 0 atom stereocenters. The Hall–Kier alpha value is -0.700. The predicted octanol–water partition coefficient (Wildman–Crippen LogP) is 1.13. The number of rotatable bonds is 1. The molecule has 1 aromatic rings. The summed E-state index contributed by atoms with van der Waals surface area (Å²) in [5.41, 5.74) is 0. The summed E-state index contributed by atoms with van der Waals surface area (Å²) in [4.78, 5) is 8.66. The number of nitrogens with zero attached hydrogens (tertiary/aromatic N) is 2. The highest BCUT2D eigenvalue weighted by atomic mass is 35.5. The van der Waals surface area contributed by atoms with Gasteiger partial charge in [0, 0.05) is 14.1 Å². The Morgan fingerprint density at radius 3 is 2.56 bits per heavy atom. The molecule has 1 N–H and O–H groups in total. The fraction of sp³-hybridized carbons (Fsp3) is 0.400. The number of hydrogen-bond acceptors (Lipinski definition) is 2. The molecule has 0 aliphatic rings. The summed E-state index contributed by atoms with van der Waals surface area (Å²) in [5.74, 6) is 0.778. The van der Waals surface area contributed by atoms with Crippen LogP contribution in [0.4, 0.5) is 5.95 Å². The third-order valence-electron chi connectivity index (χ3n) is 0.955. The molecule has 0 aliphatic carbocycles. The van der Waals surface area contributed by atoms with Crippen molar-refractivity contribution in [2.75, 3.05) is 19.0 Å². The lowest BCUT2D eigenvalue weighted by Gasteiger charge is -2.05. The Bertz CT molecular complexity index is 194. The molecule has 1 rings (SSSR count). The third kappa shape index (κ3) is 1.36. The molecule has 0 aromatic carbocycles. The highest BCUT2D eigenvalue weighted by Gasteiger charge is 1.97. The highest BCUT2D eigenvalue weighted by molar-refractivity contribution is 6.29. The van der Waals surface area contributed by atoms with Crippen LogP contribution in [0.25, 0.3) is 0 Å². The van der Waals surface area contributed by atoms with Gasteiger partial charge in [-0.15, -0.1) is 0 Å². The topological polar surface area (TPSA) is 31.9 Å². The molecule has 0 aliphatic heterocycles. The second-order valence-corrected chi connectivity index (χ2v) is 2.36. The van der Waals surface area contributed by atoms with E-state index in [1.165, 1.54) is 0 Å². The van der Waals surface area contributed by atoms with Gasteiger partial charge >= 0.3 is 0 Å². The van der Waals surface area contributed by atoms with E-state index < -0.39 is 0 Å². The molecule has 0 amide bonds. The first kappa shape index (κ1) is 6.42. The lowest BCUT2D eigenvalue weighted by atomic mass is 10.8. The van der Waals surface area contributed by atoms with Crippen molar-refractivity contribution in [2.45, 2.75) is 0 Å². The van der Waals surface area contributed by atoms with Crippen LogP contribution in [0.1, 0.15) is 0 Å². The van der Waals surface area contributed by atoms with Gasteiger partial charge in [0.25, 0.3) is 0 Å². The van der Waals surface area contributed by atoms with Crippen molar-refractivity contribution in [2.24, 2.45) is 0 Å². The second-order valence-electron chi connectivity index (χ2n) is 1.95. The van der Waals surface area contributed by atoms with Crippen molar-refractivity contribution >= 4 is 17.5 Å². The fourth-order valence-corrected chi connectivity index (χ4v) is 0.650. The Labute approximate surface area is 58.7 Å². The van der Waals surface area contributed by atoms with Crippen molar-refractivity contribution in [3.05, 3.63) is 11.3 Å². The van der Waals surface area contributed by atoms with Crippen molar-refractivity contribution in [3.63, 3.8) is 0 Å². The Balaban J connectivity index is 2.85. The Morgan fingerprint density at radius 2 is 2.33 bits per heavy atom. The van der Waals surface area contributed by atoms with E-state index in [4.69, 9.17) is 11.6 Å². The van der Waals surface area contributed by atoms with Gasteiger partial charge in [-0.05, 0) is 0 Å². The fourth-order valence-electron chi connectivity index (χ4n) is 0.516. The zero-order valence-corrected chi connectivity index (χ0v) is 6.11. The van der Waals surface area contributed by atoms with Gasteiger partial charge in [0.1, 0.15) is 5.15 Å². The van der Waals surface area contributed by atoms with Crippen molar-refractivity contribution in [1.82, 2.24) is 9.97 Å². The maximum Gasteiger partial charge on any atom is 0.203 e. The minimum absolute atomic E-state index is 0.568. The molecule has 0 bridgehead atoms. The van der Waals surface area contributed by atoms with Gasteiger partial charge in [-0.2, -0.15) is 0 Å². The molecule has 0 unspecified atom stereocenters. The van der Waals surface area contributed by atoms with E-state index in [0.29, 0.717) is 5.15 Å². The minimum Gasteiger partial charge on any atom is -0.349 e. The summed E-state index contributed by atoms with van der Waals surface area (Å²) in [5, 5.41) is 0.568. The van der Waals surface area contributed by atoms with Crippen molar-refractivity contribution in [3.8, 4) is 0 Å². The first-order valence-corrected chi connectivity index (χ1v) is 2.96. The molecule has 9 heavy (non-hydrogen) atoms. The smallest absolute Gasteiger partial charge is 0.203 e. The van der Waals surface area contributed by atoms with Gasteiger partial charge in [0.2, 0.25) is 5.95 Å². The zero-order chi connectivity index (χ0) is 6.85. The van der Waals surface area contributed by atoms with Crippen LogP contribution in [0.3, 0.4) is 0 Å². The number of aromatic nitrogens is 2. The first-order valence-electron chi connectivity index (χ1n) is 2.58. The minimum atomic E-state index is 0.568. The van der Waals surface area contributed by atoms with Gasteiger partial charge in [-0.3, -0.25) is 0 Å². The number of imidazole rings is 1. The third-order valence-corrected chi connectivity index (χ3v) is 1.15. The average Bonchev–Trinajstić information content (AvgIpc) is 2.14. The van der Waals surface area contributed by atoms with Crippen molar-refractivity contribution in [1.29, 1.82) is 0 Å². The van der Waals surface area contributed by atoms with Crippen LogP contribution in [0.2, 0.25) is 5.15 Å². The average molecular weight is 146 g/mol. The maximum absolute atomic E-state index is 5.56. The summed E-state index contributed by atoms with van der Waals surface area (Å²) in [6.45, 7) is 0. The standard InChI is InChI=1S/C5H8ClN3/c1-9(2)5-7-3-4(6)8-5/h3H,1-2H3,(H,7,8). The summed E-state index contributed by atoms with van der Waals surface area (Å²) in [6.07, 6.45) is 1.58. The largest absolute Gasteiger partial charge is 0.349 e. The summed E-state index contributed by atoms with van der Waals surface area (Å²) >= 11 is 5.56. The molecule has 4 heteroatoms. The number of anilines is 1. The van der Waals surface area contributed by atoms with Crippen LogP contribution >= 0.6 is 11.6 Å². The Kier molecular flexibility index (Phi) is 1.62. The normalized spacial score (nSPS) is 9.67. The van der Waals surface area contributed by atoms with Gasteiger partial charge in [-0.25, -0.2) is 4.98 Å². The lowest BCUT2D eigenvalue weighted by molar-refractivity contribution is 1.04. The van der Waals surface area contributed by atoms with Crippen LogP contribution in [0.15, 0.2) is 6.20 Å². The van der Waals surface area contributed by atoms with Gasteiger partial charge < -0.3 is 9.88 Å². The first-order chi connectivity index (χ1) is 4.20. The molecule has 0 fully saturated rings. The number of hydrogen-bond donors (Lipinski definition) is 1. The monoisotopic (exact) mass is 145 g/mol. The maximum atomic E-state index is 5.56. The molecular weight excluding hydrogens is 138 g/mol. The van der Waals surface area contributed by atoms with Crippen LogP contribution in [0.5, 0.6) is 0 Å². The van der Waals surface area contributed by atoms with Crippen molar-refractivity contribution < 1.29 is 0 Å². The van der Waals surface area contributed by atoms with E-state index in [9.17, 15) is 0 Å². The molecule has 1 heterocycles. The second kappa shape index (κ2) is 2.27. The van der Waals surface area contributed by atoms with E-state index in [1.807, 2.05) is 19.0 Å². The summed E-state index contributed by atoms with van der Waals surface area (Å²) in [6, 6.07) is 0.